The van der Waals surface area contributed by atoms with Gasteiger partial charge in [0, 0.05) is 12.0 Å². The zero-order valence-corrected chi connectivity index (χ0v) is 7.43. The minimum Gasteiger partial charge on any atom is -0.344 e. The number of ether oxygens (including phenoxy) is 2. The lowest BCUT2D eigenvalue weighted by atomic mass is 10.1. The first-order valence-electron chi connectivity index (χ1n) is 3.89. The molecule has 0 saturated carbocycles. The molecular formula is C8H13ClO2. The summed E-state index contributed by atoms with van der Waals surface area (Å²) in [4.78, 5) is 0. The third-order valence-electron chi connectivity index (χ3n) is 1.69. The van der Waals surface area contributed by atoms with Crippen molar-refractivity contribution in [2.75, 3.05) is 13.2 Å². The van der Waals surface area contributed by atoms with E-state index in [0.717, 1.165) is 12.8 Å². The van der Waals surface area contributed by atoms with Crippen LogP contribution in [0.25, 0.3) is 0 Å². The van der Waals surface area contributed by atoms with Crippen LogP contribution in [-0.4, -0.2) is 19.0 Å². The molecule has 11 heavy (non-hydrogen) atoms. The predicted molar refractivity (Wildman–Crippen MR) is 44.5 cm³/mol. The summed E-state index contributed by atoms with van der Waals surface area (Å²) in [7, 11) is 0. The van der Waals surface area contributed by atoms with Gasteiger partial charge in [0.2, 0.25) is 0 Å². The molecule has 1 heterocycles. The number of hydrogen-bond acceptors (Lipinski definition) is 2. The first-order chi connectivity index (χ1) is 5.33. The molecule has 0 atom stereocenters. The molecule has 1 saturated heterocycles. The van der Waals surface area contributed by atoms with Crippen LogP contribution in [0.3, 0.4) is 0 Å². The summed E-state index contributed by atoms with van der Waals surface area (Å²) in [6.07, 6.45) is 3.67. The van der Waals surface area contributed by atoms with E-state index in [2.05, 4.69) is 6.92 Å². The minimum atomic E-state index is -0.517. The van der Waals surface area contributed by atoms with Gasteiger partial charge >= 0.3 is 0 Å². The van der Waals surface area contributed by atoms with E-state index in [-0.39, 0.29) is 0 Å². The fourth-order valence-corrected chi connectivity index (χ4v) is 1.43. The highest BCUT2D eigenvalue weighted by Crippen LogP contribution is 2.26. The van der Waals surface area contributed by atoms with E-state index in [1.807, 2.05) is 0 Å². The van der Waals surface area contributed by atoms with Crippen molar-refractivity contribution in [1.29, 1.82) is 0 Å². The molecule has 1 rings (SSSR count). The zero-order valence-electron chi connectivity index (χ0n) is 6.68. The van der Waals surface area contributed by atoms with Crippen molar-refractivity contribution in [3.63, 3.8) is 0 Å². The van der Waals surface area contributed by atoms with Gasteiger partial charge in [-0.1, -0.05) is 24.9 Å². The summed E-state index contributed by atoms with van der Waals surface area (Å²) < 4.78 is 10.9. The Bertz CT molecular complexity index is 139. The van der Waals surface area contributed by atoms with Crippen molar-refractivity contribution in [2.24, 2.45) is 0 Å². The minimum absolute atomic E-state index is 0.517. The maximum Gasteiger partial charge on any atom is 0.189 e. The van der Waals surface area contributed by atoms with Crippen LogP contribution in [0.4, 0.5) is 0 Å². The molecule has 1 aliphatic rings. The van der Waals surface area contributed by atoms with Gasteiger partial charge in [0.15, 0.2) is 5.79 Å². The second-order valence-corrected chi connectivity index (χ2v) is 2.80. The summed E-state index contributed by atoms with van der Waals surface area (Å²) in [5, 5.41) is 0. The van der Waals surface area contributed by atoms with Gasteiger partial charge in [-0.15, -0.1) is 0 Å². The molecule has 0 aromatic carbocycles. The Morgan fingerprint density at radius 3 is 2.55 bits per heavy atom. The van der Waals surface area contributed by atoms with Crippen LogP contribution in [0.15, 0.2) is 11.6 Å². The Hall–Kier alpha value is -0.0500. The third-order valence-corrected chi connectivity index (χ3v) is 1.82. The van der Waals surface area contributed by atoms with E-state index < -0.39 is 5.79 Å². The van der Waals surface area contributed by atoms with Crippen molar-refractivity contribution in [1.82, 2.24) is 0 Å². The smallest absolute Gasteiger partial charge is 0.189 e. The molecule has 3 heteroatoms. The molecule has 0 unspecified atom stereocenters. The first-order valence-corrected chi connectivity index (χ1v) is 4.32. The molecule has 0 aliphatic carbocycles. The predicted octanol–water partition coefficient (Wildman–Crippen LogP) is 2.28. The second kappa shape index (κ2) is 4.10. The van der Waals surface area contributed by atoms with Crippen LogP contribution in [0, 0.1) is 0 Å². The van der Waals surface area contributed by atoms with Crippen molar-refractivity contribution >= 4 is 11.6 Å². The molecule has 0 radical (unpaired) electrons. The van der Waals surface area contributed by atoms with Crippen molar-refractivity contribution in [3.05, 3.63) is 11.6 Å². The highest BCUT2D eigenvalue weighted by atomic mass is 35.5. The number of hydrogen-bond donors (Lipinski definition) is 0. The summed E-state index contributed by atoms with van der Waals surface area (Å²) in [5.41, 5.74) is 1.46. The van der Waals surface area contributed by atoms with Crippen LogP contribution >= 0.6 is 11.6 Å². The Morgan fingerprint density at radius 1 is 1.45 bits per heavy atom. The average molecular weight is 177 g/mol. The molecular weight excluding hydrogens is 164 g/mol. The van der Waals surface area contributed by atoms with E-state index in [1.165, 1.54) is 5.54 Å². The average Bonchev–Trinajstić information content (AvgIpc) is 2.39. The van der Waals surface area contributed by atoms with E-state index in [0.29, 0.717) is 13.2 Å². The van der Waals surface area contributed by atoms with Crippen molar-refractivity contribution in [3.8, 4) is 0 Å². The monoisotopic (exact) mass is 176 g/mol. The van der Waals surface area contributed by atoms with Gasteiger partial charge in [0.1, 0.15) is 0 Å². The van der Waals surface area contributed by atoms with Gasteiger partial charge in [-0.3, -0.25) is 0 Å². The van der Waals surface area contributed by atoms with E-state index in [1.54, 1.807) is 6.08 Å². The second-order valence-electron chi connectivity index (χ2n) is 2.55. The van der Waals surface area contributed by atoms with Gasteiger partial charge in [-0.05, 0) is 6.08 Å². The fourth-order valence-electron chi connectivity index (χ4n) is 1.24. The Balaban J connectivity index is 2.54. The SMILES string of the molecule is CCCC1(/C=C/Cl)OCCO1. The molecule has 0 bridgehead atoms. The lowest BCUT2D eigenvalue weighted by Crippen LogP contribution is -2.26. The van der Waals surface area contributed by atoms with Crippen LogP contribution in [0.1, 0.15) is 19.8 Å². The molecule has 0 aromatic heterocycles. The number of halogens is 1. The normalized spacial score (nSPS) is 23.1. The van der Waals surface area contributed by atoms with Crippen LogP contribution in [-0.2, 0) is 9.47 Å². The molecule has 2 nitrogen and oxygen atoms in total. The van der Waals surface area contributed by atoms with E-state index >= 15 is 0 Å². The van der Waals surface area contributed by atoms with Gasteiger partial charge in [0.25, 0.3) is 0 Å². The lowest BCUT2D eigenvalue weighted by Gasteiger charge is -2.22. The van der Waals surface area contributed by atoms with Gasteiger partial charge in [-0.25, -0.2) is 0 Å². The lowest BCUT2D eigenvalue weighted by molar-refractivity contribution is -0.121. The molecule has 64 valence electrons. The topological polar surface area (TPSA) is 18.5 Å². The zero-order chi connectivity index (χ0) is 8.16. The van der Waals surface area contributed by atoms with Crippen LogP contribution in [0.5, 0.6) is 0 Å². The van der Waals surface area contributed by atoms with Crippen LogP contribution < -0.4 is 0 Å². The number of rotatable bonds is 3. The Morgan fingerprint density at radius 2 is 2.09 bits per heavy atom. The highest BCUT2D eigenvalue weighted by molar-refractivity contribution is 6.25. The molecule has 0 amide bonds. The maximum atomic E-state index is 5.47. The molecule has 0 aromatic rings. The first kappa shape index (κ1) is 9.04. The van der Waals surface area contributed by atoms with Gasteiger partial charge in [-0.2, -0.15) is 0 Å². The Labute approximate surface area is 72.1 Å². The quantitative estimate of drug-likeness (QED) is 0.657. The summed E-state index contributed by atoms with van der Waals surface area (Å²) in [6.45, 7) is 3.43. The summed E-state index contributed by atoms with van der Waals surface area (Å²) in [5.74, 6) is -0.517. The van der Waals surface area contributed by atoms with Crippen molar-refractivity contribution in [2.45, 2.75) is 25.6 Å². The largest absolute Gasteiger partial charge is 0.344 e. The molecule has 0 spiro atoms. The summed E-state index contributed by atoms with van der Waals surface area (Å²) in [6, 6.07) is 0. The summed E-state index contributed by atoms with van der Waals surface area (Å²) >= 11 is 5.47. The molecule has 1 aliphatic heterocycles. The Kier molecular flexibility index (Phi) is 3.37. The molecule has 0 N–H and O–H groups in total. The van der Waals surface area contributed by atoms with Gasteiger partial charge < -0.3 is 9.47 Å². The maximum absolute atomic E-state index is 5.47. The standard InChI is InChI=1S/C8H13ClO2/c1-2-3-8(4-5-9)10-6-7-11-8/h4-5H,2-3,6-7H2,1H3/b5-4+. The fraction of sp³-hybridized carbons (Fsp3) is 0.750. The van der Waals surface area contributed by atoms with E-state index in [9.17, 15) is 0 Å². The highest BCUT2D eigenvalue weighted by Gasteiger charge is 2.32. The van der Waals surface area contributed by atoms with Crippen molar-refractivity contribution < 1.29 is 9.47 Å². The third kappa shape index (κ3) is 2.19. The van der Waals surface area contributed by atoms with E-state index in [4.69, 9.17) is 21.1 Å². The van der Waals surface area contributed by atoms with Gasteiger partial charge in [0.05, 0.1) is 13.2 Å². The molecule has 1 fully saturated rings. The van der Waals surface area contributed by atoms with Crippen LogP contribution in [0.2, 0.25) is 0 Å².